The molecule has 2 atom stereocenters. The molecule has 6 rings (SSSR count). The van der Waals surface area contributed by atoms with Gasteiger partial charge in [0.1, 0.15) is 0 Å². The normalized spacial score (nSPS) is 44.6. The number of hydrogen-bond donors (Lipinski definition) is 1. The second kappa shape index (κ2) is 6.25. The first kappa shape index (κ1) is 17.1. The van der Waals surface area contributed by atoms with Crippen molar-refractivity contribution < 1.29 is 14.4 Å². The van der Waals surface area contributed by atoms with Crippen LogP contribution >= 0.6 is 11.8 Å². The molecule has 4 bridgehead atoms. The van der Waals surface area contributed by atoms with Gasteiger partial charge in [-0.05, 0) is 69.1 Å². The van der Waals surface area contributed by atoms with Gasteiger partial charge in [-0.1, -0.05) is 24.6 Å². The molecule has 0 radical (unpaired) electrons. The molecule has 5 nitrogen and oxygen atoms in total. The highest BCUT2D eigenvalue weighted by molar-refractivity contribution is 8.14. The second-order valence-electron chi connectivity index (χ2n) is 9.45. The maximum Gasteiger partial charge on any atom is 0.289 e. The number of imide groups is 1. The zero-order chi connectivity index (χ0) is 17.9. The van der Waals surface area contributed by atoms with E-state index in [-0.39, 0.29) is 40.3 Å². The van der Waals surface area contributed by atoms with E-state index >= 15 is 0 Å². The highest BCUT2D eigenvalue weighted by Gasteiger charge is 2.55. The average Bonchev–Trinajstić information content (AvgIpc) is 2.93. The van der Waals surface area contributed by atoms with E-state index in [2.05, 4.69) is 5.32 Å². The number of thioether (sulfide) groups is 1. The van der Waals surface area contributed by atoms with Gasteiger partial charge in [-0.3, -0.25) is 19.3 Å². The summed E-state index contributed by atoms with van der Waals surface area (Å²) in [4.78, 5) is 39.2. The topological polar surface area (TPSA) is 66.5 Å². The quantitative estimate of drug-likeness (QED) is 0.820. The summed E-state index contributed by atoms with van der Waals surface area (Å²) in [5, 5.41) is 3.22. The smallest absolute Gasteiger partial charge is 0.289 e. The van der Waals surface area contributed by atoms with E-state index in [1.807, 2.05) is 0 Å². The van der Waals surface area contributed by atoms with Crippen molar-refractivity contribution in [1.82, 2.24) is 10.2 Å². The fourth-order valence-electron chi connectivity index (χ4n) is 6.98. The fraction of sp³-hybridized carbons (Fsp3) is 0.850. The lowest BCUT2D eigenvalue weighted by Gasteiger charge is -2.56. The number of hydrogen-bond acceptors (Lipinski definition) is 4. The molecule has 0 unspecified atom stereocenters. The van der Waals surface area contributed by atoms with E-state index in [0.717, 1.165) is 74.5 Å². The molecule has 1 heterocycles. The highest BCUT2D eigenvalue weighted by Crippen LogP contribution is 2.60. The van der Waals surface area contributed by atoms with Crippen LogP contribution in [0.3, 0.4) is 0 Å². The predicted octanol–water partition coefficient (Wildman–Crippen LogP) is 3.33. The van der Waals surface area contributed by atoms with Crippen molar-refractivity contribution in [2.45, 2.75) is 76.3 Å². The molecule has 6 aliphatic rings. The van der Waals surface area contributed by atoms with Crippen molar-refractivity contribution in [3.05, 3.63) is 0 Å². The molecule has 142 valence electrons. The number of rotatable bonds is 3. The molecule has 6 heteroatoms. The van der Waals surface area contributed by atoms with Crippen LogP contribution in [0, 0.1) is 23.2 Å². The molecular formula is C20H28N2O3S. The summed E-state index contributed by atoms with van der Waals surface area (Å²) in [6, 6.07) is -0.201. The lowest BCUT2D eigenvalue weighted by atomic mass is 9.49. The molecule has 0 aromatic heterocycles. The van der Waals surface area contributed by atoms with E-state index in [9.17, 15) is 14.4 Å². The van der Waals surface area contributed by atoms with Crippen molar-refractivity contribution in [2.75, 3.05) is 5.75 Å². The van der Waals surface area contributed by atoms with E-state index in [0.29, 0.717) is 0 Å². The minimum atomic E-state index is -0.162. The van der Waals surface area contributed by atoms with Gasteiger partial charge in [0.25, 0.3) is 5.24 Å². The molecule has 0 aromatic carbocycles. The summed E-state index contributed by atoms with van der Waals surface area (Å²) >= 11 is 1.10. The zero-order valence-corrected chi connectivity index (χ0v) is 16.1. The zero-order valence-electron chi connectivity index (χ0n) is 15.2. The number of nitrogens with one attached hydrogen (secondary N) is 1. The van der Waals surface area contributed by atoms with Gasteiger partial charge in [-0.2, -0.15) is 0 Å². The van der Waals surface area contributed by atoms with Crippen LogP contribution in [-0.2, 0) is 9.59 Å². The Kier molecular flexibility index (Phi) is 4.11. The number of carbonyl (C=O) groups is 3. The molecule has 0 spiro atoms. The first-order valence-corrected chi connectivity index (χ1v) is 11.3. The third-order valence-electron chi connectivity index (χ3n) is 7.68. The number of nitrogens with zero attached hydrogens (tertiary/aromatic N) is 1. The molecule has 3 amide bonds. The predicted molar refractivity (Wildman–Crippen MR) is 99.5 cm³/mol. The van der Waals surface area contributed by atoms with Gasteiger partial charge in [-0.15, -0.1) is 0 Å². The van der Waals surface area contributed by atoms with Gasteiger partial charge in [0.05, 0.1) is 11.8 Å². The van der Waals surface area contributed by atoms with Gasteiger partial charge < -0.3 is 5.32 Å². The minimum Gasteiger partial charge on any atom is -0.351 e. The van der Waals surface area contributed by atoms with E-state index in [4.69, 9.17) is 0 Å². The van der Waals surface area contributed by atoms with Gasteiger partial charge in [0.2, 0.25) is 11.8 Å². The van der Waals surface area contributed by atoms with Gasteiger partial charge in [0.15, 0.2) is 0 Å². The van der Waals surface area contributed by atoms with Crippen LogP contribution in [0.1, 0.15) is 64.2 Å². The monoisotopic (exact) mass is 376 g/mol. The number of carbonyl (C=O) groups excluding carboxylic acids is 3. The van der Waals surface area contributed by atoms with Crippen molar-refractivity contribution in [3.8, 4) is 0 Å². The van der Waals surface area contributed by atoms with E-state index in [1.54, 1.807) is 0 Å². The van der Waals surface area contributed by atoms with Crippen molar-refractivity contribution >= 4 is 28.8 Å². The Morgan fingerprint density at radius 2 is 1.62 bits per heavy atom. The molecule has 26 heavy (non-hydrogen) atoms. The summed E-state index contributed by atoms with van der Waals surface area (Å²) in [5.74, 6) is 2.62. The van der Waals surface area contributed by atoms with Gasteiger partial charge in [-0.25, -0.2) is 0 Å². The van der Waals surface area contributed by atoms with Crippen molar-refractivity contribution in [3.63, 3.8) is 0 Å². The van der Waals surface area contributed by atoms with Crippen molar-refractivity contribution in [1.29, 1.82) is 0 Å². The van der Waals surface area contributed by atoms with Crippen LogP contribution in [0.15, 0.2) is 0 Å². The second-order valence-corrected chi connectivity index (χ2v) is 10.4. The number of amides is 3. The molecule has 1 saturated heterocycles. The first-order chi connectivity index (χ1) is 12.5. The summed E-state index contributed by atoms with van der Waals surface area (Å²) in [5.41, 5.74) is -0.162. The molecular weight excluding hydrogens is 348 g/mol. The molecule has 1 aliphatic heterocycles. The van der Waals surface area contributed by atoms with Crippen LogP contribution in [0.4, 0.5) is 4.79 Å². The third-order valence-corrected chi connectivity index (χ3v) is 8.52. The van der Waals surface area contributed by atoms with Crippen LogP contribution < -0.4 is 5.32 Å². The van der Waals surface area contributed by atoms with Crippen LogP contribution in [0.25, 0.3) is 0 Å². The molecule has 1 N–H and O–H groups in total. The Hall–Kier alpha value is -1.04. The Balaban J connectivity index is 1.33. The van der Waals surface area contributed by atoms with Gasteiger partial charge in [0, 0.05) is 11.5 Å². The third kappa shape index (κ3) is 2.71. The van der Waals surface area contributed by atoms with Gasteiger partial charge >= 0.3 is 0 Å². The maximum absolute atomic E-state index is 13.4. The highest BCUT2D eigenvalue weighted by atomic mass is 32.2. The Bertz CT molecular complexity index is 598. The lowest BCUT2D eigenvalue weighted by molar-refractivity contribution is -0.148. The largest absolute Gasteiger partial charge is 0.351 e. The van der Waals surface area contributed by atoms with Crippen LogP contribution in [0.2, 0.25) is 0 Å². The Morgan fingerprint density at radius 1 is 1.00 bits per heavy atom. The standard InChI is InChI=1S/C20H28N2O3S/c23-17-11-26-19(25)22(17)16-4-2-1-3-15(16)21-18(24)20-8-12-5-13(9-20)7-14(6-12)10-20/h12-16H,1-11H2,(H,21,24)/t12?,13?,14?,15-,16+,20?/m0/s1. The lowest BCUT2D eigenvalue weighted by Crippen LogP contribution is -2.60. The molecule has 6 fully saturated rings. The molecule has 0 aromatic rings. The molecule has 5 saturated carbocycles. The van der Waals surface area contributed by atoms with E-state index in [1.165, 1.54) is 24.2 Å². The Morgan fingerprint density at radius 3 is 2.19 bits per heavy atom. The van der Waals surface area contributed by atoms with Crippen LogP contribution in [0.5, 0.6) is 0 Å². The van der Waals surface area contributed by atoms with Crippen LogP contribution in [-0.4, -0.2) is 39.8 Å². The minimum absolute atomic E-state index is 0.0594. The van der Waals surface area contributed by atoms with E-state index < -0.39 is 0 Å². The summed E-state index contributed by atoms with van der Waals surface area (Å²) in [6.45, 7) is 0. The summed E-state index contributed by atoms with van der Waals surface area (Å²) in [6.07, 6.45) is 10.9. The SMILES string of the molecule is O=C1CSC(=O)N1[C@@H]1CCCC[C@@H]1NC(=O)C12CC3CC(CC(C3)C1)C2. The summed E-state index contributed by atoms with van der Waals surface area (Å²) < 4.78 is 0. The van der Waals surface area contributed by atoms with Crippen molar-refractivity contribution in [2.24, 2.45) is 23.2 Å². The Labute approximate surface area is 159 Å². The summed E-state index contributed by atoms with van der Waals surface area (Å²) in [7, 11) is 0. The maximum atomic E-state index is 13.4. The first-order valence-electron chi connectivity index (χ1n) is 10.3. The fourth-order valence-corrected chi connectivity index (χ4v) is 7.75. The average molecular weight is 377 g/mol. The molecule has 5 aliphatic carbocycles.